The molecule has 0 spiro atoms. The Bertz CT molecular complexity index is 294. The van der Waals surface area contributed by atoms with Crippen molar-refractivity contribution in [3.63, 3.8) is 0 Å². The van der Waals surface area contributed by atoms with Gasteiger partial charge in [0.05, 0.1) is 0 Å². The number of rotatable bonds is 3. The van der Waals surface area contributed by atoms with Gasteiger partial charge < -0.3 is 10.6 Å². The van der Waals surface area contributed by atoms with Crippen molar-refractivity contribution in [1.82, 2.24) is 15.5 Å². The average molecular weight is 310 g/mol. The van der Waals surface area contributed by atoms with E-state index in [0.29, 0.717) is 11.9 Å². The molecule has 1 amide bonds. The maximum Gasteiger partial charge on any atom is 0.223 e. The maximum atomic E-state index is 12.1. The average Bonchev–Trinajstić information content (AvgIpc) is 3.12. The largest absolute Gasteiger partial charge is 0.352 e. The molecule has 2 saturated heterocycles. The zero-order valence-corrected chi connectivity index (χ0v) is 12.9. The molecule has 0 aromatic heterocycles. The Morgan fingerprint density at radius 2 is 1.74 bits per heavy atom. The van der Waals surface area contributed by atoms with Crippen molar-refractivity contribution < 1.29 is 4.79 Å². The summed E-state index contributed by atoms with van der Waals surface area (Å²) >= 11 is 0. The molecule has 6 heteroatoms. The highest BCUT2D eigenvalue weighted by Crippen LogP contribution is 2.29. The van der Waals surface area contributed by atoms with Crippen molar-refractivity contribution >= 4 is 30.7 Å². The molecular weight excluding hydrogens is 285 g/mol. The van der Waals surface area contributed by atoms with Crippen LogP contribution >= 0.6 is 24.8 Å². The van der Waals surface area contributed by atoms with Crippen LogP contribution in [0.15, 0.2) is 0 Å². The summed E-state index contributed by atoms with van der Waals surface area (Å²) in [6.07, 6.45) is 5.90. The summed E-state index contributed by atoms with van der Waals surface area (Å²) in [6, 6.07) is 1.26. The van der Waals surface area contributed by atoms with E-state index in [1.807, 2.05) is 0 Å². The van der Waals surface area contributed by atoms with Gasteiger partial charge in [0.1, 0.15) is 0 Å². The normalized spacial score (nSPS) is 28.3. The second-order valence-electron chi connectivity index (χ2n) is 5.74. The molecule has 1 saturated carbocycles. The molecule has 0 aromatic carbocycles. The van der Waals surface area contributed by atoms with E-state index in [2.05, 4.69) is 15.5 Å². The number of hydrogen-bond acceptors (Lipinski definition) is 3. The monoisotopic (exact) mass is 309 g/mol. The number of piperidine rings is 1. The van der Waals surface area contributed by atoms with E-state index in [9.17, 15) is 4.79 Å². The molecule has 0 radical (unpaired) electrons. The van der Waals surface area contributed by atoms with Gasteiger partial charge in [0.2, 0.25) is 5.91 Å². The summed E-state index contributed by atoms with van der Waals surface area (Å²) in [5.41, 5.74) is 0. The lowest BCUT2D eigenvalue weighted by atomic mass is 9.97. The zero-order valence-electron chi connectivity index (χ0n) is 11.3. The topological polar surface area (TPSA) is 44.4 Å². The third-order valence-electron chi connectivity index (χ3n) is 4.34. The molecular formula is C13H25Cl2N3O. The first kappa shape index (κ1) is 17.0. The minimum absolute atomic E-state index is 0. The Balaban J connectivity index is 0.000000902. The summed E-state index contributed by atoms with van der Waals surface area (Å²) in [5.74, 6) is 0.556. The Labute approximate surface area is 127 Å². The first-order valence-corrected chi connectivity index (χ1v) is 7.08. The van der Waals surface area contributed by atoms with Crippen molar-refractivity contribution in [2.24, 2.45) is 5.92 Å². The second kappa shape index (κ2) is 7.67. The minimum atomic E-state index is 0. The van der Waals surface area contributed by atoms with Crippen molar-refractivity contribution in [1.29, 1.82) is 0 Å². The highest BCUT2D eigenvalue weighted by atomic mass is 35.5. The molecule has 3 aliphatic rings. The Hall–Kier alpha value is -0.0300. The minimum Gasteiger partial charge on any atom is -0.352 e. The first-order chi connectivity index (χ1) is 8.33. The van der Waals surface area contributed by atoms with E-state index in [-0.39, 0.29) is 30.7 Å². The molecule has 2 heterocycles. The van der Waals surface area contributed by atoms with Crippen LogP contribution < -0.4 is 10.6 Å². The number of carbonyl (C=O) groups is 1. The van der Waals surface area contributed by atoms with Crippen molar-refractivity contribution in [2.45, 2.75) is 44.2 Å². The number of halogens is 2. The molecule has 3 rings (SSSR count). The lowest BCUT2D eigenvalue weighted by molar-refractivity contribution is -0.126. The van der Waals surface area contributed by atoms with Gasteiger partial charge in [0.15, 0.2) is 0 Å². The van der Waals surface area contributed by atoms with E-state index < -0.39 is 0 Å². The van der Waals surface area contributed by atoms with Gasteiger partial charge in [0.25, 0.3) is 0 Å². The SMILES string of the molecule is Cl.Cl.O=C(NC1CCN(C2CC2)C1)C1CCNCC1. The van der Waals surface area contributed by atoms with Crippen molar-refractivity contribution in [2.75, 3.05) is 26.2 Å². The molecule has 2 aliphatic heterocycles. The molecule has 2 N–H and O–H groups in total. The van der Waals surface area contributed by atoms with Crippen LogP contribution in [-0.2, 0) is 4.79 Å². The van der Waals surface area contributed by atoms with Crippen molar-refractivity contribution in [3.8, 4) is 0 Å². The van der Waals surface area contributed by atoms with E-state index in [0.717, 1.165) is 44.9 Å². The van der Waals surface area contributed by atoms with Gasteiger partial charge in [-0.05, 0) is 45.2 Å². The summed E-state index contributed by atoms with van der Waals surface area (Å²) in [6.45, 7) is 4.26. The predicted octanol–water partition coefficient (Wildman–Crippen LogP) is 1.18. The van der Waals surface area contributed by atoms with Gasteiger partial charge in [-0.3, -0.25) is 9.69 Å². The van der Waals surface area contributed by atoms with Crippen LogP contribution in [0.4, 0.5) is 0 Å². The Morgan fingerprint density at radius 1 is 1.05 bits per heavy atom. The van der Waals surface area contributed by atoms with Crippen molar-refractivity contribution in [3.05, 3.63) is 0 Å². The van der Waals surface area contributed by atoms with E-state index in [4.69, 9.17) is 0 Å². The van der Waals surface area contributed by atoms with Crippen LogP contribution in [-0.4, -0.2) is 49.1 Å². The van der Waals surface area contributed by atoms with Gasteiger partial charge in [-0.25, -0.2) is 0 Å². The standard InChI is InChI=1S/C13H23N3O.2ClH/c17-13(10-3-6-14-7-4-10)15-11-5-8-16(9-11)12-1-2-12;;/h10-12,14H,1-9H2,(H,15,17);2*1H. The highest BCUT2D eigenvalue weighted by molar-refractivity contribution is 5.85. The predicted molar refractivity (Wildman–Crippen MR) is 81.2 cm³/mol. The smallest absolute Gasteiger partial charge is 0.223 e. The number of amides is 1. The molecule has 19 heavy (non-hydrogen) atoms. The van der Waals surface area contributed by atoms with E-state index in [1.54, 1.807) is 0 Å². The second-order valence-corrected chi connectivity index (χ2v) is 5.74. The van der Waals surface area contributed by atoms with Gasteiger partial charge >= 0.3 is 0 Å². The lowest BCUT2D eigenvalue weighted by Crippen LogP contribution is -2.43. The Morgan fingerprint density at radius 3 is 2.37 bits per heavy atom. The fourth-order valence-corrected chi connectivity index (χ4v) is 3.08. The van der Waals surface area contributed by atoms with Gasteiger partial charge in [-0.2, -0.15) is 0 Å². The van der Waals surface area contributed by atoms with Gasteiger partial charge in [-0.15, -0.1) is 24.8 Å². The molecule has 1 unspecified atom stereocenters. The Kier molecular flexibility index (Phi) is 6.87. The van der Waals surface area contributed by atoms with Crippen LogP contribution in [0.2, 0.25) is 0 Å². The summed E-state index contributed by atoms with van der Waals surface area (Å²) in [4.78, 5) is 14.6. The maximum absolute atomic E-state index is 12.1. The molecule has 112 valence electrons. The number of carbonyl (C=O) groups excluding carboxylic acids is 1. The van der Waals surface area contributed by atoms with E-state index >= 15 is 0 Å². The number of likely N-dealkylation sites (tertiary alicyclic amines) is 1. The number of hydrogen-bond donors (Lipinski definition) is 2. The fourth-order valence-electron chi connectivity index (χ4n) is 3.08. The fraction of sp³-hybridized carbons (Fsp3) is 0.923. The molecule has 1 atom stereocenters. The molecule has 1 aliphatic carbocycles. The number of nitrogens with zero attached hydrogens (tertiary/aromatic N) is 1. The summed E-state index contributed by atoms with van der Waals surface area (Å²) in [7, 11) is 0. The molecule has 0 bridgehead atoms. The lowest BCUT2D eigenvalue weighted by Gasteiger charge is -2.24. The zero-order chi connectivity index (χ0) is 11.7. The number of nitrogens with one attached hydrogen (secondary N) is 2. The summed E-state index contributed by atoms with van der Waals surface area (Å²) in [5, 5.41) is 6.56. The molecule has 3 fully saturated rings. The quantitative estimate of drug-likeness (QED) is 0.823. The van der Waals surface area contributed by atoms with Crippen LogP contribution in [0.5, 0.6) is 0 Å². The first-order valence-electron chi connectivity index (χ1n) is 7.08. The van der Waals surface area contributed by atoms with Crippen LogP contribution in [0.3, 0.4) is 0 Å². The van der Waals surface area contributed by atoms with Gasteiger partial charge in [-0.1, -0.05) is 0 Å². The van der Waals surface area contributed by atoms with E-state index in [1.165, 1.54) is 19.4 Å². The highest BCUT2D eigenvalue weighted by Gasteiger charge is 2.35. The van der Waals surface area contributed by atoms with Crippen LogP contribution in [0.25, 0.3) is 0 Å². The van der Waals surface area contributed by atoms with Crippen LogP contribution in [0, 0.1) is 5.92 Å². The van der Waals surface area contributed by atoms with Gasteiger partial charge in [0, 0.05) is 31.1 Å². The third-order valence-corrected chi connectivity index (χ3v) is 4.34. The summed E-state index contributed by atoms with van der Waals surface area (Å²) < 4.78 is 0. The third kappa shape index (κ3) is 4.48. The van der Waals surface area contributed by atoms with Crippen LogP contribution in [0.1, 0.15) is 32.1 Å². The molecule has 4 nitrogen and oxygen atoms in total. The molecule has 0 aromatic rings.